The van der Waals surface area contributed by atoms with E-state index in [0.717, 1.165) is 13.0 Å². The smallest absolute Gasteiger partial charge is 0.243 e. The maximum absolute atomic E-state index is 13.2. The van der Waals surface area contributed by atoms with Gasteiger partial charge in [-0.05, 0) is 38.1 Å². The van der Waals surface area contributed by atoms with Gasteiger partial charge in [-0.1, -0.05) is 6.07 Å². The lowest BCUT2D eigenvalue weighted by atomic mass is 10.2. The van der Waals surface area contributed by atoms with Crippen LogP contribution >= 0.6 is 0 Å². The summed E-state index contributed by atoms with van der Waals surface area (Å²) in [7, 11) is -2.04. The molecule has 6 nitrogen and oxygen atoms in total. The first-order chi connectivity index (χ1) is 11.1. The van der Waals surface area contributed by atoms with Gasteiger partial charge >= 0.3 is 0 Å². The average molecular weight is 335 g/mol. The standard InChI is InChI=1S/C16H21N3O3S/c1-12-11-17-8-4-10-19(12)23(20,21)15-6-3-5-14-13(15)7-9-18-16(14)22-2/h3,5-7,9,12,17H,4,8,10-11H2,1-2H3. The van der Waals surface area contributed by atoms with Crippen molar-refractivity contribution in [1.82, 2.24) is 14.6 Å². The predicted molar refractivity (Wildman–Crippen MR) is 89.1 cm³/mol. The van der Waals surface area contributed by atoms with Gasteiger partial charge in [0.25, 0.3) is 0 Å². The first-order valence-electron chi connectivity index (χ1n) is 7.70. The minimum Gasteiger partial charge on any atom is -0.481 e. The van der Waals surface area contributed by atoms with Crippen LogP contribution in [0.2, 0.25) is 0 Å². The molecular weight excluding hydrogens is 314 g/mol. The van der Waals surface area contributed by atoms with E-state index in [-0.39, 0.29) is 6.04 Å². The number of methoxy groups -OCH3 is 1. The van der Waals surface area contributed by atoms with Crippen LogP contribution < -0.4 is 10.1 Å². The second kappa shape index (κ2) is 6.43. The lowest BCUT2D eigenvalue weighted by Gasteiger charge is -2.26. The average Bonchev–Trinajstić information content (AvgIpc) is 2.78. The molecule has 2 heterocycles. The van der Waals surface area contributed by atoms with Gasteiger partial charge in [0.2, 0.25) is 15.9 Å². The maximum Gasteiger partial charge on any atom is 0.243 e. The summed E-state index contributed by atoms with van der Waals surface area (Å²) in [5.74, 6) is 0.435. The minimum absolute atomic E-state index is 0.0820. The Kier molecular flexibility index (Phi) is 4.52. The lowest BCUT2D eigenvalue weighted by molar-refractivity contribution is 0.354. The molecule has 1 aliphatic rings. The molecule has 3 rings (SSSR count). The van der Waals surface area contributed by atoms with Crippen molar-refractivity contribution in [2.24, 2.45) is 0 Å². The van der Waals surface area contributed by atoms with Crippen LogP contribution in [0.25, 0.3) is 10.8 Å². The molecule has 1 saturated heterocycles. The number of aromatic nitrogens is 1. The van der Waals surface area contributed by atoms with Gasteiger partial charge < -0.3 is 10.1 Å². The summed E-state index contributed by atoms with van der Waals surface area (Å²) in [5, 5.41) is 4.62. The molecule has 23 heavy (non-hydrogen) atoms. The van der Waals surface area contributed by atoms with Crippen LogP contribution in [-0.2, 0) is 10.0 Å². The van der Waals surface area contributed by atoms with E-state index in [4.69, 9.17) is 4.74 Å². The number of sulfonamides is 1. The van der Waals surface area contributed by atoms with Crippen LogP contribution in [-0.4, -0.2) is 50.5 Å². The second-order valence-corrected chi connectivity index (χ2v) is 7.55. The number of rotatable bonds is 3. The molecule has 0 aliphatic carbocycles. The monoisotopic (exact) mass is 335 g/mol. The summed E-state index contributed by atoms with van der Waals surface area (Å²) in [6.07, 6.45) is 2.38. The third-order valence-electron chi connectivity index (χ3n) is 4.17. The number of benzene rings is 1. The maximum atomic E-state index is 13.2. The van der Waals surface area contributed by atoms with Crippen LogP contribution in [0.4, 0.5) is 0 Å². The normalized spacial score (nSPS) is 20.3. The summed E-state index contributed by atoms with van der Waals surface area (Å²) in [5.41, 5.74) is 0. The van der Waals surface area contributed by atoms with Crippen molar-refractivity contribution < 1.29 is 13.2 Å². The Balaban J connectivity index is 2.15. The number of hydrogen-bond donors (Lipinski definition) is 1. The van der Waals surface area contributed by atoms with E-state index in [1.807, 2.05) is 13.0 Å². The van der Waals surface area contributed by atoms with Crippen molar-refractivity contribution in [2.45, 2.75) is 24.3 Å². The highest BCUT2D eigenvalue weighted by atomic mass is 32.2. The fourth-order valence-corrected chi connectivity index (χ4v) is 4.89. The van der Waals surface area contributed by atoms with Crippen LogP contribution in [0, 0.1) is 0 Å². The van der Waals surface area contributed by atoms with Gasteiger partial charge in [0, 0.05) is 36.1 Å². The van der Waals surface area contributed by atoms with E-state index in [0.29, 0.717) is 34.6 Å². The Morgan fingerprint density at radius 2 is 2.13 bits per heavy atom. The molecule has 1 aliphatic heterocycles. The Labute approximate surface area is 136 Å². The number of hydrogen-bond acceptors (Lipinski definition) is 5. The van der Waals surface area contributed by atoms with Crippen molar-refractivity contribution >= 4 is 20.8 Å². The lowest BCUT2D eigenvalue weighted by Crippen LogP contribution is -2.41. The fraction of sp³-hybridized carbons (Fsp3) is 0.438. The van der Waals surface area contributed by atoms with Gasteiger partial charge in [-0.3, -0.25) is 0 Å². The van der Waals surface area contributed by atoms with Crippen LogP contribution in [0.1, 0.15) is 13.3 Å². The number of pyridine rings is 1. The molecule has 124 valence electrons. The van der Waals surface area contributed by atoms with Crippen LogP contribution in [0.15, 0.2) is 35.4 Å². The van der Waals surface area contributed by atoms with Crippen LogP contribution in [0.3, 0.4) is 0 Å². The molecule has 0 radical (unpaired) electrons. The zero-order chi connectivity index (χ0) is 16.4. The molecular formula is C16H21N3O3S. The van der Waals surface area contributed by atoms with E-state index in [9.17, 15) is 8.42 Å². The van der Waals surface area contributed by atoms with E-state index in [2.05, 4.69) is 10.3 Å². The molecule has 1 aromatic carbocycles. The molecule has 1 unspecified atom stereocenters. The first kappa shape index (κ1) is 16.2. The fourth-order valence-electron chi connectivity index (χ4n) is 3.02. The third kappa shape index (κ3) is 2.91. The highest BCUT2D eigenvalue weighted by Crippen LogP contribution is 2.30. The van der Waals surface area contributed by atoms with Gasteiger partial charge in [0.05, 0.1) is 12.0 Å². The highest BCUT2D eigenvalue weighted by molar-refractivity contribution is 7.89. The SMILES string of the molecule is COc1nccc2c(S(=O)(=O)N3CCCNCC3C)cccc12. The van der Waals surface area contributed by atoms with Gasteiger partial charge in [0.15, 0.2) is 0 Å². The second-order valence-electron chi connectivity index (χ2n) is 5.69. The molecule has 2 aromatic rings. The van der Waals surface area contributed by atoms with E-state index >= 15 is 0 Å². The van der Waals surface area contributed by atoms with E-state index in [1.54, 1.807) is 28.7 Å². The first-order valence-corrected chi connectivity index (χ1v) is 9.14. The Morgan fingerprint density at radius 3 is 2.91 bits per heavy atom. The number of nitrogens with one attached hydrogen (secondary N) is 1. The molecule has 1 fully saturated rings. The molecule has 1 atom stereocenters. The Hall–Kier alpha value is -1.70. The quantitative estimate of drug-likeness (QED) is 0.923. The number of fused-ring (bicyclic) bond motifs is 1. The van der Waals surface area contributed by atoms with Crippen molar-refractivity contribution in [2.75, 3.05) is 26.7 Å². The highest BCUT2D eigenvalue weighted by Gasteiger charge is 2.31. The molecule has 0 saturated carbocycles. The van der Waals surface area contributed by atoms with Crippen molar-refractivity contribution in [1.29, 1.82) is 0 Å². The van der Waals surface area contributed by atoms with Gasteiger partial charge in [-0.25, -0.2) is 13.4 Å². The van der Waals surface area contributed by atoms with E-state index < -0.39 is 10.0 Å². The summed E-state index contributed by atoms with van der Waals surface area (Å²) in [6.45, 7) is 3.96. The summed E-state index contributed by atoms with van der Waals surface area (Å²) in [4.78, 5) is 4.46. The minimum atomic E-state index is -3.58. The molecule has 0 bridgehead atoms. The Morgan fingerprint density at radius 1 is 1.30 bits per heavy atom. The van der Waals surface area contributed by atoms with Crippen molar-refractivity contribution in [3.8, 4) is 5.88 Å². The van der Waals surface area contributed by atoms with Crippen molar-refractivity contribution in [3.05, 3.63) is 30.5 Å². The van der Waals surface area contributed by atoms with Gasteiger partial charge in [-0.15, -0.1) is 0 Å². The summed E-state index contributed by atoms with van der Waals surface area (Å²) < 4.78 is 33.2. The largest absolute Gasteiger partial charge is 0.481 e. The topological polar surface area (TPSA) is 71.5 Å². The molecule has 0 spiro atoms. The Bertz CT molecular complexity index is 807. The van der Waals surface area contributed by atoms with Crippen LogP contribution in [0.5, 0.6) is 5.88 Å². The number of nitrogens with zero attached hydrogens (tertiary/aromatic N) is 2. The van der Waals surface area contributed by atoms with E-state index in [1.165, 1.54) is 7.11 Å². The summed E-state index contributed by atoms with van der Waals surface area (Å²) >= 11 is 0. The molecule has 0 amide bonds. The molecule has 1 N–H and O–H groups in total. The molecule has 1 aromatic heterocycles. The molecule has 7 heteroatoms. The van der Waals surface area contributed by atoms with Gasteiger partial charge in [0.1, 0.15) is 0 Å². The number of ether oxygens (including phenoxy) is 1. The predicted octanol–water partition coefficient (Wildman–Crippen LogP) is 1.62. The van der Waals surface area contributed by atoms with Gasteiger partial charge in [-0.2, -0.15) is 4.31 Å². The zero-order valence-corrected chi connectivity index (χ0v) is 14.1. The zero-order valence-electron chi connectivity index (χ0n) is 13.3. The summed E-state index contributed by atoms with van der Waals surface area (Å²) in [6, 6.07) is 6.86. The van der Waals surface area contributed by atoms with Crippen molar-refractivity contribution in [3.63, 3.8) is 0 Å². The third-order valence-corrected chi connectivity index (χ3v) is 6.24.